The van der Waals surface area contributed by atoms with Gasteiger partial charge < -0.3 is 20.5 Å². The van der Waals surface area contributed by atoms with E-state index in [1.165, 1.54) is 0 Å². The molecule has 2 rings (SSSR count). The van der Waals surface area contributed by atoms with E-state index in [2.05, 4.69) is 10.6 Å². The maximum Gasteiger partial charge on any atom is 0.341 e. The highest BCUT2D eigenvalue weighted by Gasteiger charge is 2.12. The minimum absolute atomic E-state index is 0.160. The lowest BCUT2D eigenvalue weighted by Crippen LogP contribution is -2.36. The van der Waals surface area contributed by atoms with Crippen molar-refractivity contribution in [3.63, 3.8) is 0 Å². The van der Waals surface area contributed by atoms with Crippen molar-refractivity contribution in [2.24, 2.45) is 0 Å². The van der Waals surface area contributed by atoms with Crippen LogP contribution in [-0.2, 0) is 4.79 Å². The number of carbonyl (C=O) groups is 2. The molecule has 1 aromatic rings. The van der Waals surface area contributed by atoms with E-state index in [9.17, 15) is 9.59 Å². The molecule has 0 spiro atoms. The van der Waals surface area contributed by atoms with Crippen molar-refractivity contribution in [2.45, 2.75) is 18.9 Å². The molecule has 0 aliphatic heterocycles. The third kappa shape index (κ3) is 4.31. The van der Waals surface area contributed by atoms with Gasteiger partial charge in [-0.15, -0.1) is 0 Å². The predicted octanol–water partition coefficient (Wildman–Crippen LogP) is 1.99. The fraction of sp³-hybridized carbons (Fsp3) is 0.286. The summed E-state index contributed by atoms with van der Waals surface area (Å²) >= 11 is 0. The molecule has 2 amide bonds. The number of nitrogens with one attached hydrogen (secondary N) is 2. The third-order valence-electron chi connectivity index (χ3n) is 2.82. The van der Waals surface area contributed by atoms with Gasteiger partial charge in [-0.3, -0.25) is 0 Å². The lowest BCUT2D eigenvalue weighted by atomic mass is 10.2. The normalized spacial score (nSPS) is 14.0. The van der Waals surface area contributed by atoms with E-state index in [0.717, 1.165) is 12.8 Å². The zero-order valence-corrected chi connectivity index (χ0v) is 10.8. The highest BCUT2D eigenvalue weighted by atomic mass is 16.5. The summed E-state index contributed by atoms with van der Waals surface area (Å²) in [6.45, 7) is -0.387. The van der Waals surface area contributed by atoms with Crippen molar-refractivity contribution in [2.75, 3.05) is 11.9 Å². The summed E-state index contributed by atoms with van der Waals surface area (Å²) in [6, 6.07) is 6.43. The first-order valence-electron chi connectivity index (χ1n) is 6.30. The van der Waals surface area contributed by atoms with Crippen LogP contribution >= 0.6 is 0 Å². The summed E-state index contributed by atoms with van der Waals surface area (Å²) in [4.78, 5) is 22.1. The molecule has 106 valence electrons. The van der Waals surface area contributed by atoms with Crippen molar-refractivity contribution >= 4 is 17.7 Å². The fourth-order valence-corrected chi connectivity index (χ4v) is 1.87. The van der Waals surface area contributed by atoms with Gasteiger partial charge in [-0.25, -0.2) is 9.59 Å². The summed E-state index contributed by atoms with van der Waals surface area (Å²) in [7, 11) is 0. The number of carboxylic acids is 1. The summed E-state index contributed by atoms with van der Waals surface area (Å²) < 4.78 is 5.00. The minimum Gasteiger partial charge on any atom is -0.482 e. The summed E-state index contributed by atoms with van der Waals surface area (Å²) in [6.07, 6.45) is 5.80. The van der Waals surface area contributed by atoms with Crippen LogP contribution in [0.2, 0.25) is 0 Å². The predicted molar refractivity (Wildman–Crippen MR) is 73.9 cm³/mol. The van der Waals surface area contributed by atoms with Gasteiger partial charge in [0.05, 0.1) is 0 Å². The van der Waals surface area contributed by atoms with Crippen LogP contribution in [0.25, 0.3) is 0 Å². The molecule has 6 heteroatoms. The Bertz CT molecular complexity index is 502. The highest BCUT2D eigenvalue weighted by molar-refractivity contribution is 5.89. The molecule has 0 heterocycles. The molecule has 1 aliphatic rings. The van der Waals surface area contributed by atoms with Gasteiger partial charge in [0, 0.05) is 11.7 Å². The molecular formula is C14H16N2O4. The number of urea groups is 1. The number of carboxylic acid groups (broad SMARTS) is 1. The molecule has 0 radical (unpaired) electrons. The zero-order chi connectivity index (χ0) is 14.4. The lowest BCUT2D eigenvalue weighted by molar-refractivity contribution is -0.139. The van der Waals surface area contributed by atoms with Gasteiger partial charge in [-0.1, -0.05) is 12.2 Å². The quantitative estimate of drug-likeness (QED) is 0.718. The minimum atomic E-state index is -1.03. The molecule has 20 heavy (non-hydrogen) atoms. The van der Waals surface area contributed by atoms with E-state index >= 15 is 0 Å². The Balaban J connectivity index is 1.80. The van der Waals surface area contributed by atoms with E-state index < -0.39 is 5.97 Å². The van der Waals surface area contributed by atoms with E-state index in [-0.39, 0.29) is 18.7 Å². The first-order chi connectivity index (χ1) is 9.63. The third-order valence-corrected chi connectivity index (χ3v) is 2.82. The monoisotopic (exact) mass is 276 g/mol. The van der Waals surface area contributed by atoms with Gasteiger partial charge in [-0.05, 0) is 37.1 Å². The Kier molecular flexibility index (Phi) is 4.60. The molecule has 0 saturated heterocycles. The molecule has 0 fully saturated rings. The Morgan fingerprint density at radius 1 is 1.20 bits per heavy atom. The van der Waals surface area contributed by atoms with Crippen LogP contribution in [0.4, 0.5) is 10.5 Å². The topological polar surface area (TPSA) is 87.7 Å². The summed E-state index contributed by atoms with van der Waals surface area (Å²) in [5.74, 6) is -0.588. The van der Waals surface area contributed by atoms with Crippen LogP contribution in [0.1, 0.15) is 12.8 Å². The molecule has 0 saturated carbocycles. The second kappa shape index (κ2) is 6.60. The average Bonchev–Trinajstić information content (AvgIpc) is 2.90. The molecule has 1 aromatic carbocycles. The number of hydrogen-bond donors (Lipinski definition) is 3. The van der Waals surface area contributed by atoms with Crippen molar-refractivity contribution in [3.8, 4) is 5.75 Å². The Morgan fingerprint density at radius 3 is 2.45 bits per heavy atom. The maximum atomic E-state index is 11.7. The number of rotatable bonds is 5. The standard InChI is InChI=1S/C14H16N2O4/c17-13(18)9-20-12-7-5-11(6-8-12)16-14(19)15-10-3-1-2-4-10/h1-2,5-8,10H,3-4,9H2,(H,17,18)(H2,15,16,19). The van der Waals surface area contributed by atoms with Gasteiger partial charge in [0.15, 0.2) is 6.61 Å². The Labute approximate surface area is 116 Å². The Hall–Kier alpha value is -2.50. The SMILES string of the molecule is O=C(O)COc1ccc(NC(=O)NC2CC=CC2)cc1. The van der Waals surface area contributed by atoms with Crippen molar-refractivity contribution in [1.82, 2.24) is 5.32 Å². The lowest BCUT2D eigenvalue weighted by Gasteiger charge is -2.13. The number of anilines is 1. The van der Waals surface area contributed by atoms with Gasteiger partial charge in [0.2, 0.25) is 0 Å². The molecular weight excluding hydrogens is 260 g/mol. The first-order valence-corrected chi connectivity index (χ1v) is 6.30. The molecule has 0 aromatic heterocycles. The number of hydrogen-bond acceptors (Lipinski definition) is 3. The van der Waals surface area contributed by atoms with Crippen LogP contribution in [0, 0.1) is 0 Å². The van der Waals surface area contributed by atoms with Crippen LogP contribution in [0.15, 0.2) is 36.4 Å². The fourth-order valence-electron chi connectivity index (χ4n) is 1.87. The van der Waals surface area contributed by atoms with Crippen LogP contribution in [0.5, 0.6) is 5.75 Å². The van der Waals surface area contributed by atoms with E-state index in [0.29, 0.717) is 11.4 Å². The number of carbonyl (C=O) groups excluding carboxylic acids is 1. The molecule has 6 nitrogen and oxygen atoms in total. The summed E-state index contributed by atoms with van der Waals surface area (Å²) in [5.41, 5.74) is 0.621. The molecule has 0 unspecified atom stereocenters. The number of amides is 2. The van der Waals surface area contributed by atoms with Crippen molar-refractivity contribution < 1.29 is 19.4 Å². The van der Waals surface area contributed by atoms with Crippen molar-refractivity contribution in [3.05, 3.63) is 36.4 Å². The van der Waals surface area contributed by atoms with E-state index in [1.807, 2.05) is 12.2 Å². The second-order valence-corrected chi connectivity index (χ2v) is 4.44. The van der Waals surface area contributed by atoms with Gasteiger partial charge >= 0.3 is 12.0 Å². The molecule has 0 bridgehead atoms. The van der Waals surface area contributed by atoms with Gasteiger partial charge in [-0.2, -0.15) is 0 Å². The van der Waals surface area contributed by atoms with Crippen molar-refractivity contribution in [1.29, 1.82) is 0 Å². The average molecular weight is 276 g/mol. The van der Waals surface area contributed by atoms with Crippen LogP contribution < -0.4 is 15.4 Å². The number of ether oxygens (including phenoxy) is 1. The smallest absolute Gasteiger partial charge is 0.341 e. The van der Waals surface area contributed by atoms with E-state index in [4.69, 9.17) is 9.84 Å². The Morgan fingerprint density at radius 2 is 1.85 bits per heavy atom. The van der Waals surface area contributed by atoms with Gasteiger partial charge in [0.25, 0.3) is 0 Å². The molecule has 3 N–H and O–H groups in total. The molecule has 0 atom stereocenters. The first kappa shape index (κ1) is 13.9. The zero-order valence-electron chi connectivity index (χ0n) is 10.8. The summed E-state index contributed by atoms with van der Waals surface area (Å²) in [5, 5.41) is 14.1. The van der Waals surface area contributed by atoms with Gasteiger partial charge in [0.1, 0.15) is 5.75 Å². The molecule has 1 aliphatic carbocycles. The number of benzene rings is 1. The largest absolute Gasteiger partial charge is 0.482 e. The maximum absolute atomic E-state index is 11.7. The second-order valence-electron chi connectivity index (χ2n) is 4.44. The number of aliphatic carboxylic acids is 1. The highest BCUT2D eigenvalue weighted by Crippen LogP contribution is 2.16. The van der Waals surface area contributed by atoms with E-state index in [1.54, 1.807) is 24.3 Å². The van der Waals surface area contributed by atoms with Crippen LogP contribution in [-0.4, -0.2) is 29.8 Å². The van der Waals surface area contributed by atoms with Crippen LogP contribution in [0.3, 0.4) is 0 Å².